The zero-order chi connectivity index (χ0) is 11.4. The topological polar surface area (TPSA) is 39.4 Å². The van der Waals surface area contributed by atoms with Gasteiger partial charge < -0.3 is 9.15 Å². The zero-order valence-electron chi connectivity index (χ0n) is 8.97. The lowest BCUT2D eigenvalue weighted by molar-refractivity contribution is 0.109. The Morgan fingerprint density at radius 2 is 2.06 bits per heavy atom. The van der Waals surface area contributed by atoms with Gasteiger partial charge in [-0.05, 0) is 30.7 Å². The molecule has 0 bridgehead atoms. The molecule has 0 saturated carbocycles. The maximum Gasteiger partial charge on any atom is 0.185 e. The summed E-state index contributed by atoms with van der Waals surface area (Å²) < 4.78 is 10.8. The Kier molecular flexibility index (Phi) is 3.05. The van der Waals surface area contributed by atoms with E-state index in [1.165, 1.54) is 0 Å². The molecule has 0 fully saturated rings. The molecule has 1 aromatic heterocycles. The van der Waals surface area contributed by atoms with Gasteiger partial charge in [-0.3, -0.25) is 4.79 Å². The van der Waals surface area contributed by atoms with Crippen molar-refractivity contribution < 1.29 is 13.9 Å². The van der Waals surface area contributed by atoms with Crippen molar-refractivity contribution in [3.63, 3.8) is 0 Å². The van der Waals surface area contributed by atoms with Crippen LogP contribution in [0.4, 0.5) is 0 Å². The third-order valence-electron chi connectivity index (χ3n) is 2.26. The molecule has 0 radical (unpaired) electrons. The molecule has 0 aliphatic carbocycles. The molecule has 0 spiro atoms. The average molecular weight is 216 g/mol. The Bertz CT molecular complexity index is 485. The Morgan fingerprint density at radius 1 is 1.25 bits per heavy atom. The van der Waals surface area contributed by atoms with Crippen LogP contribution in [0.3, 0.4) is 0 Å². The molecule has 1 aromatic carbocycles. The monoisotopic (exact) mass is 216 g/mol. The van der Waals surface area contributed by atoms with Gasteiger partial charge in [0, 0.05) is 0 Å². The van der Waals surface area contributed by atoms with E-state index in [-0.39, 0.29) is 0 Å². The van der Waals surface area contributed by atoms with Crippen molar-refractivity contribution in [1.82, 2.24) is 0 Å². The van der Waals surface area contributed by atoms with Gasteiger partial charge in [-0.25, -0.2) is 0 Å². The molecule has 3 nitrogen and oxygen atoms in total. The SMILES string of the molecule is Cc1ccccc1OCc1ccc(C=O)o1. The molecule has 3 heteroatoms. The molecule has 0 aliphatic rings. The number of hydrogen-bond acceptors (Lipinski definition) is 3. The van der Waals surface area contributed by atoms with Gasteiger partial charge in [-0.1, -0.05) is 18.2 Å². The number of para-hydroxylation sites is 1. The fourth-order valence-electron chi connectivity index (χ4n) is 1.40. The van der Waals surface area contributed by atoms with Crippen molar-refractivity contribution in [3.8, 4) is 5.75 Å². The molecule has 0 unspecified atom stereocenters. The minimum absolute atomic E-state index is 0.323. The number of hydrogen-bond donors (Lipinski definition) is 0. The number of aldehydes is 1. The molecule has 0 amide bonds. The lowest BCUT2D eigenvalue weighted by Gasteiger charge is -2.06. The second-order valence-corrected chi connectivity index (χ2v) is 3.48. The van der Waals surface area contributed by atoms with E-state index in [0.717, 1.165) is 11.3 Å². The fourth-order valence-corrected chi connectivity index (χ4v) is 1.40. The first-order chi connectivity index (χ1) is 7.79. The first-order valence-electron chi connectivity index (χ1n) is 5.02. The van der Waals surface area contributed by atoms with Crippen LogP contribution in [0.5, 0.6) is 5.75 Å². The number of ether oxygens (including phenoxy) is 1. The second-order valence-electron chi connectivity index (χ2n) is 3.48. The molecule has 0 saturated heterocycles. The highest BCUT2D eigenvalue weighted by atomic mass is 16.5. The number of aryl methyl sites for hydroxylation is 1. The lowest BCUT2D eigenvalue weighted by atomic mass is 10.2. The summed E-state index contributed by atoms with van der Waals surface area (Å²) >= 11 is 0. The number of benzene rings is 1. The van der Waals surface area contributed by atoms with Crippen LogP contribution in [0, 0.1) is 6.92 Å². The third kappa shape index (κ3) is 2.31. The molecule has 0 aliphatic heterocycles. The maximum absolute atomic E-state index is 10.4. The third-order valence-corrected chi connectivity index (χ3v) is 2.26. The largest absolute Gasteiger partial charge is 0.485 e. The van der Waals surface area contributed by atoms with Crippen LogP contribution in [0.2, 0.25) is 0 Å². The lowest BCUT2D eigenvalue weighted by Crippen LogP contribution is -1.95. The quantitative estimate of drug-likeness (QED) is 0.737. The van der Waals surface area contributed by atoms with Gasteiger partial charge in [-0.2, -0.15) is 0 Å². The Morgan fingerprint density at radius 3 is 2.75 bits per heavy atom. The van der Waals surface area contributed by atoms with Crippen molar-refractivity contribution in [2.75, 3.05) is 0 Å². The summed E-state index contributed by atoms with van der Waals surface area (Å²) in [6.07, 6.45) is 0.678. The normalized spacial score (nSPS) is 10.1. The van der Waals surface area contributed by atoms with Crippen LogP contribution in [-0.2, 0) is 6.61 Å². The van der Waals surface area contributed by atoms with Gasteiger partial charge in [0.15, 0.2) is 12.0 Å². The minimum Gasteiger partial charge on any atom is -0.485 e. The van der Waals surface area contributed by atoms with Crippen molar-refractivity contribution in [1.29, 1.82) is 0 Å². The number of carbonyl (C=O) groups is 1. The van der Waals surface area contributed by atoms with Crippen molar-refractivity contribution in [3.05, 3.63) is 53.5 Å². The molecule has 2 aromatic rings. The smallest absolute Gasteiger partial charge is 0.185 e. The van der Waals surface area contributed by atoms with Crippen LogP contribution >= 0.6 is 0 Å². The predicted octanol–water partition coefficient (Wildman–Crippen LogP) is 2.98. The van der Waals surface area contributed by atoms with Crippen molar-refractivity contribution >= 4 is 6.29 Å². The van der Waals surface area contributed by atoms with E-state index in [0.29, 0.717) is 24.4 Å². The fraction of sp³-hybridized carbons (Fsp3) is 0.154. The molecule has 1 heterocycles. The van der Waals surface area contributed by atoms with Gasteiger partial charge >= 0.3 is 0 Å². The van der Waals surface area contributed by atoms with Gasteiger partial charge in [0.05, 0.1) is 0 Å². The molecule has 0 atom stereocenters. The molecular formula is C13H12O3. The van der Waals surface area contributed by atoms with E-state index in [2.05, 4.69) is 0 Å². The summed E-state index contributed by atoms with van der Waals surface area (Å²) in [5.74, 6) is 1.79. The van der Waals surface area contributed by atoms with E-state index < -0.39 is 0 Å². The van der Waals surface area contributed by atoms with Crippen LogP contribution < -0.4 is 4.74 Å². The highest BCUT2D eigenvalue weighted by molar-refractivity contribution is 5.70. The summed E-state index contributed by atoms with van der Waals surface area (Å²) in [5, 5.41) is 0. The van der Waals surface area contributed by atoms with Gasteiger partial charge in [0.1, 0.15) is 18.1 Å². The van der Waals surface area contributed by atoms with Crippen LogP contribution in [0.15, 0.2) is 40.8 Å². The molecular weight excluding hydrogens is 204 g/mol. The number of carbonyl (C=O) groups excluding carboxylic acids is 1. The highest BCUT2D eigenvalue weighted by Crippen LogP contribution is 2.18. The van der Waals surface area contributed by atoms with Crippen molar-refractivity contribution in [2.24, 2.45) is 0 Å². The summed E-state index contributed by atoms with van der Waals surface area (Å²) in [4.78, 5) is 10.4. The first-order valence-corrected chi connectivity index (χ1v) is 5.02. The molecule has 2 rings (SSSR count). The Balaban J connectivity index is 2.02. The van der Waals surface area contributed by atoms with E-state index >= 15 is 0 Å². The van der Waals surface area contributed by atoms with Crippen LogP contribution in [0.25, 0.3) is 0 Å². The molecule has 82 valence electrons. The summed E-state index contributed by atoms with van der Waals surface area (Å²) in [6.45, 7) is 2.31. The maximum atomic E-state index is 10.4. The Labute approximate surface area is 93.7 Å². The molecule has 16 heavy (non-hydrogen) atoms. The second kappa shape index (κ2) is 4.66. The van der Waals surface area contributed by atoms with E-state index in [9.17, 15) is 4.79 Å². The van der Waals surface area contributed by atoms with Crippen LogP contribution in [0.1, 0.15) is 21.9 Å². The van der Waals surface area contributed by atoms with E-state index in [1.807, 2.05) is 31.2 Å². The van der Waals surface area contributed by atoms with Gasteiger partial charge in [-0.15, -0.1) is 0 Å². The number of rotatable bonds is 4. The summed E-state index contributed by atoms with van der Waals surface area (Å²) in [5.41, 5.74) is 1.07. The van der Waals surface area contributed by atoms with Crippen LogP contribution in [-0.4, -0.2) is 6.29 Å². The highest BCUT2D eigenvalue weighted by Gasteiger charge is 2.03. The van der Waals surface area contributed by atoms with E-state index in [1.54, 1.807) is 12.1 Å². The summed E-state index contributed by atoms with van der Waals surface area (Å²) in [6, 6.07) is 11.1. The predicted molar refractivity (Wildman–Crippen MR) is 59.6 cm³/mol. The summed E-state index contributed by atoms with van der Waals surface area (Å²) in [7, 11) is 0. The average Bonchev–Trinajstić information content (AvgIpc) is 2.76. The zero-order valence-corrected chi connectivity index (χ0v) is 8.97. The molecule has 0 N–H and O–H groups in total. The van der Waals surface area contributed by atoms with Gasteiger partial charge in [0.2, 0.25) is 0 Å². The Hall–Kier alpha value is -2.03. The van der Waals surface area contributed by atoms with Crippen molar-refractivity contribution in [2.45, 2.75) is 13.5 Å². The first kappa shape index (κ1) is 10.5. The standard InChI is InChI=1S/C13H12O3/c1-10-4-2-3-5-13(10)15-9-12-7-6-11(8-14)16-12/h2-8H,9H2,1H3. The minimum atomic E-state index is 0.323. The van der Waals surface area contributed by atoms with E-state index in [4.69, 9.17) is 9.15 Å². The van der Waals surface area contributed by atoms with Gasteiger partial charge in [0.25, 0.3) is 0 Å². The number of furan rings is 1.